The number of aliphatic hydroxyl groups is 1. The molecule has 0 spiro atoms. The standard InChI is InChI=1S/C22H32N4O3/c1-4-22(28)9-5-6-16-13-26(14-17(16)22)20(27)15-7-8-19-18(12-15)24-21(25(19)2)23-10-11-29-3/h7-8,12,16-17,28H,4-6,9-11,13-14H2,1-3H3,(H,23,24)/t16-,17+,22-/m0/s1. The van der Waals surface area contributed by atoms with Gasteiger partial charge < -0.3 is 24.6 Å². The lowest BCUT2D eigenvalue weighted by Crippen LogP contribution is -2.44. The first kappa shape index (κ1) is 20.2. The lowest BCUT2D eigenvalue weighted by Gasteiger charge is -2.40. The predicted octanol–water partition coefficient (Wildman–Crippen LogP) is 2.64. The van der Waals surface area contributed by atoms with E-state index in [1.807, 2.05) is 34.7 Å². The Bertz CT molecular complexity index is 896. The molecule has 0 radical (unpaired) electrons. The average Bonchev–Trinajstić information content (AvgIpc) is 3.30. The highest BCUT2D eigenvalue weighted by Gasteiger charge is 2.48. The van der Waals surface area contributed by atoms with E-state index in [2.05, 4.69) is 17.2 Å². The van der Waals surface area contributed by atoms with Crippen LogP contribution < -0.4 is 5.32 Å². The van der Waals surface area contributed by atoms with E-state index in [9.17, 15) is 9.90 Å². The topological polar surface area (TPSA) is 79.6 Å². The van der Waals surface area contributed by atoms with Crippen LogP contribution in [0.15, 0.2) is 18.2 Å². The van der Waals surface area contributed by atoms with E-state index in [1.165, 1.54) is 0 Å². The molecule has 1 aliphatic heterocycles. The number of anilines is 1. The number of ether oxygens (including phenoxy) is 1. The summed E-state index contributed by atoms with van der Waals surface area (Å²) in [6.07, 6.45) is 3.76. The number of aryl methyl sites for hydroxylation is 1. The molecule has 0 bridgehead atoms. The van der Waals surface area contributed by atoms with Gasteiger partial charge in [-0.05, 0) is 43.4 Å². The van der Waals surface area contributed by atoms with Crippen LogP contribution in [0.2, 0.25) is 0 Å². The van der Waals surface area contributed by atoms with Gasteiger partial charge in [0.2, 0.25) is 5.95 Å². The number of nitrogens with one attached hydrogen (secondary N) is 1. The SMILES string of the molecule is CC[C@]1(O)CCC[C@H]2CN(C(=O)c3ccc4c(c3)nc(NCCOC)n4C)C[C@H]21. The van der Waals surface area contributed by atoms with E-state index in [0.29, 0.717) is 31.2 Å². The molecule has 1 aromatic carbocycles. The molecule has 0 unspecified atom stereocenters. The number of carbonyl (C=O) groups is 1. The summed E-state index contributed by atoms with van der Waals surface area (Å²) in [4.78, 5) is 19.8. The second-order valence-electron chi connectivity index (χ2n) is 8.54. The summed E-state index contributed by atoms with van der Waals surface area (Å²) >= 11 is 0. The van der Waals surface area contributed by atoms with E-state index in [0.717, 1.165) is 49.2 Å². The number of hydrogen-bond acceptors (Lipinski definition) is 5. The molecule has 2 fully saturated rings. The van der Waals surface area contributed by atoms with Crippen molar-refractivity contribution < 1.29 is 14.6 Å². The third-order valence-corrected chi connectivity index (χ3v) is 6.93. The lowest BCUT2D eigenvalue weighted by molar-refractivity contribution is -0.0609. The number of hydrogen-bond donors (Lipinski definition) is 2. The molecule has 3 atom stereocenters. The maximum Gasteiger partial charge on any atom is 0.253 e. The van der Waals surface area contributed by atoms with Crippen molar-refractivity contribution in [1.29, 1.82) is 0 Å². The number of aromatic nitrogens is 2. The molecule has 1 aromatic heterocycles. The molecule has 1 amide bonds. The zero-order chi connectivity index (χ0) is 20.6. The van der Waals surface area contributed by atoms with Crippen LogP contribution in [-0.4, -0.2) is 64.4 Å². The fourth-order valence-electron chi connectivity index (χ4n) is 5.17. The fourth-order valence-corrected chi connectivity index (χ4v) is 5.17. The molecular formula is C22H32N4O3. The van der Waals surface area contributed by atoms with Gasteiger partial charge in [0.15, 0.2) is 0 Å². The van der Waals surface area contributed by atoms with Gasteiger partial charge in [0.05, 0.1) is 23.2 Å². The minimum atomic E-state index is -0.619. The number of likely N-dealkylation sites (tertiary alicyclic amines) is 1. The van der Waals surface area contributed by atoms with Crippen molar-refractivity contribution in [2.45, 2.75) is 38.2 Å². The summed E-state index contributed by atoms with van der Waals surface area (Å²) < 4.78 is 7.07. The maximum absolute atomic E-state index is 13.2. The quantitative estimate of drug-likeness (QED) is 0.729. The first-order valence-electron chi connectivity index (χ1n) is 10.7. The summed E-state index contributed by atoms with van der Waals surface area (Å²) in [5, 5.41) is 14.3. The van der Waals surface area contributed by atoms with E-state index >= 15 is 0 Å². The Balaban J connectivity index is 1.53. The maximum atomic E-state index is 13.2. The largest absolute Gasteiger partial charge is 0.390 e. The zero-order valence-electron chi connectivity index (χ0n) is 17.6. The molecule has 1 saturated heterocycles. The molecule has 7 nitrogen and oxygen atoms in total. The van der Waals surface area contributed by atoms with Crippen molar-refractivity contribution in [2.75, 3.05) is 38.7 Å². The van der Waals surface area contributed by atoms with Gasteiger partial charge in [-0.25, -0.2) is 4.98 Å². The highest BCUT2D eigenvalue weighted by molar-refractivity contribution is 5.98. The Hall–Kier alpha value is -2.12. The molecule has 29 heavy (non-hydrogen) atoms. The van der Waals surface area contributed by atoms with Crippen molar-refractivity contribution in [1.82, 2.24) is 14.5 Å². The molecule has 7 heteroatoms. The van der Waals surface area contributed by atoms with E-state index in [1.54, 1.807) is 7.11 Å². The van der Waals surface area contributed by atoms with Crippen molar-refractivity contribution in [2.24, 2.45) is 18.9 Å². The van der Waals surface area contributed by atoms with Crippen LogP contribution >= 0.6 is 0 Å². The van der Waals surface area contributed by atoms with Crippen molar-refractivity contribution in [3.63, 3.8) is 0 Å². The van der Waals surface area contributed by atoms with Crippen LogP contribution in [0.5, 0.6) is 0 Å². The Morgan fingerprint density at radius 1 is 1.41 bits per heavy atom. The number of carbonyl (C=O) groups excluding carboxylic acids is 1. The number of benzene rings is 1. The van der Waals surface area contributed by atoms with Gasteiger partial charge in [-0.2, -0.15) is 0 Å². The molecule has 2 N–H and O–H groups in total. The Morgan fingerprint density at radius 3 is 3.00 bits per heavy atom. The minimum Gasteiger partial charge on any atom is -0.390 e. The van der Waals surface area contributed by atoms with Gasteiger partial charge in [-0.15, -0.1) is 0 Å². The second-order valence-corrected chi connectivity index (χ2v) is 8.54. The van der Waals surface area contributed by atoms with Crippen molar-refractivity contribution >= 4 is 22.9 Å². The van der Waals surface area contributed by atoms with Crippen LogP contribution in [0.4, 0.5) is 5.95 Å². The smallest absolute Gasteiger partial charge is 0.253 e. The summed E-state index contributed by atoms with van der Waals surface area (Å²) in [6, 6.07) is 5.73. The van der Waals surface area contributed by atoms with Crippen molar-refractivity contribution in [3.8, 4) is 0 Å². The summed E-state index contributed by atoms with van der Waals surface area (Å²) in [5.74, 6) is 1.41. The highest BCUT2D eigenvalue weighted by Crippen LogP contribution is 2.44. The van der Waals surface area contributed by atoms with Gasteiger partial charge in [0, 0.05) is 45.3 Å². The number of nitrogens with zero attached hydrogens (tertiary/aromatic N) is 3. The molecule has 4 rings (SSSR count). The van der Waals surface area contributed by atoms with Crippen LogP contribution in [0.1, 0.15) is 43.0 Å². The summed E-state index contributed by atoms with van der Waals surface area (Å²) in [7, 11) is 3.63. The monoisotopic (exact) mass is 400 g/mol. The predicted molar refractivity (Wildman–Crippen MR) is 113 cm³/mol. The normalized spacial score (nSPS) is 26.7. The van der Waals surface area contributed by atoms with Crippen LogP contribution in [-0.2, 0) is 11.8 Å². The Kier molecular flexibility index (Phi) is 5.53. The average molecular weight is 401 g/mol. The first-order valence-corrected chi connectivity index (χ1v) is 10.7. The molecule has 2 heterocycles. The molecule has 2 aromatic rings. The summed E-state index contributed by atoms with van der Waals surface area (Å²) in [5.41, 5.74) is 1.83. The molecule has 2 aliphatic rings. The van der Waals surface area contributed by atoms with Gasteiger partial charge in [0.1, 0.15) is 0 Å². The van der Waals surface area contributed by atoms with Gasteiger partial charge in [-0.3, -0.25) is 4.79 Å². The first-order chi connectivity index (χ1) is 14.0. The molecule has 1 saturated carbocycles. The third-order valence-electron chi connectivity index (χ3n) is 6.93. The lowest BCUT2D eigenvalue weighted by atomic mass is 9.69. The van der Waals surface area contributed by atoms with Gasteiger partial charge >= 0.3 is 0 Å². The summed E-state index contributed by atoms with van der Waals surface area (Å²) in [6.45, 7) is 4.73. The fraction of sp³-hybridized carbons (Fsp3) is 0.636. The van der Waals surface area contributed by atoms with E-state index in [-0.39, 0.29) is 11.8 Å². The third kappa shape index (κ3) is 3.62. The van der Waals surface area contributed by atoms with Crippen molar-refractivity contribution in [3.05, 3.63) is 23.8 Å². The molecular weight excluding hydrogens is 368 g/mol. The molecule has 1 aliphatic carbocycles. The number of amides is 1. The van der Waals surface area contributed by atoms with Crippen LogP contribution in [0, 0.1) is 11.8 Å². The second kappa shape index (κ2) is 7.95. The number of imidazole rings is 1. The molecule has 158 valence electrons. The van der Waals surface area contributed by atoms with Gasteiger partial charge in [0.25, 0.3) is 5.91 Å². The van der Waals surface area contributed by atoms with E-state index < -0.39 is 5.60 Å². The Labute approximate surface area is 172 Å². The minimum absolute atomic E-state index is 0.0410. The zero-order valence-corrected chi connectivity index (χ0v) is 17.6. The van der Waals surface area contributed by atoms with E-state index in [4.69, 9.17) is 4.74 Å². The number of methoxy groups -OCH3 is 1. The highest BCUT2D eigenvalue weighted by atomic mass is 16.5. The number of rotatable bonds is 6. The van der Waals surface area contributed by atoms with Gasteiger partial charge in [-0.1, -0.05) is 13.3 Å². The number of fused-ring (bicyclic) bond motifs is 2. The van der Waals surface area contributed by atoms with Crippen LogP contribution in [0.3, 0.4) is 0 Å². The van der Waals surface area contributed by atoms with Crippen LogP contribution in [0.25, 0.3) is 11.0 Å². The Morgan fingerprint density at radius 2 is 2.24 bits per heavy atom.